The molecule has 3 heterocycles. The van der Waals surface area contributed by atoms with Crippen LogP contribution in [-0.2, 0) is 0 Å². The van der Waals surface area contributed by atoms with E-state index in [0.29, 0.717) is 11.4 Å². The van der Waals surface area contributed by atoms with Gasteiger partial charge in [0.15, 0.2) is 0 Å². The summed E-state index contributed by atoms with van der Waals surface area (Å²) in [5.74, 6) is -0.977. The largest absolute Gasteiger partial charge is 0.478 e. The first-order valence-electron chi connectivity index (χ1n) is 6.03. The number of aromatic nitrogens is 3. The monoisotopic (exact) mass is 265 g/mol. The predicted molar refractivity (Wildman–Crippen MR) is 73.8 cm³/mol. The highest BCUT2D eigenvalue weighted by Crippen LogP contribution is 2.18. The fraction of sp³-hybridized carbons (Fsp3) is 0. The van der Waals surface area contributed by atoms with Crippen LogP contribution in [-0.4, -0.2) is 25.6 Å². The van der Waals surface area contributed by atoms with Crippen LogP contribution in [0.3, 0.4) is 0 Å². The molecule has 3 rings (SSSR count). The zero-order valence-electron chi connectivity index (χ0n) is 10.5. The van der Waals surface area contributed by atoms with Crippen molar-refractivity contribution in [2.24, 2.45) is 0 Å². The molecule has 0 fully saturated rings. The number of hydrogen-bond acceptors (Lipinski definition) is 3. The molecule has 0 aromatic carbocycles. The van der Waals surface area contributed by atoms with Gasteiger partial charge in [0, 0.05) is 30.5 Å². The second-order valence-electron chi connectivity index (χ2n) is 4.22. The van der Waals surface area contributed by atoms with Crippen molar-refractivity contribution in [1.82, 2.24) is 14.5 Å². The average molecular weight is 265 g/mol. The van der Waals surface area contributed by atoms with E-state index >= 15 is 0 Å². The van der Waals surface area contributed by atoms with E-state index in [1.54, 1.807) is 6.20 Å². The number of nitrogens with zero attached hydrogens (tertiary/aromatic N) is 3. The van der Waals surface area contributed by atoms with Crippen LogP contribution in [0.1, 0.15) is 10.4 Å². The van der Waals surface area contributed by atoms with Gasteiger partial charge in [-0.25, -0.2) is 4.79 Å². The second kappa shape index (κ2) is 4.97. The van der Waals surface area contributed by atoms with Gasteiger partial charge in [0.1, 0.15) is 0 Å². The minimum atomic E-state index is -0.977. The summed E-state index contributed by atoms with van der Waals surface area (Å²) in [6.45, 7) is 0. The number of aromatic carboxylic acids is 1. The van der Waals surface area contributed by atoms with Crippen molar-refractivity contribution >= 4 is 5.97 Å². The van der Waals surface area contributed by atoms with Gasteiger partial charge in [0.25, 0.3) is 0 Å². The van der Waals surface area contributed by atoms with Crippen molar-refractivity contribution in [3.63, 3.8) is 0 Å². The van der Waals surface area contributed by atoms with E-state index in [0.717, 1.165) is 5.69 Å². The van der Waals surface area contributed by atoms with Crippen LogP contribution in [0.5, 0.6) is 0 Å². The Hall–Kier alpha value is -2.95. The maximum atomic E-state index is 11.0. The van der Waals surface area contributed by atoms with Gasteiger partial charge < -0.3 is 9.67 Å². The minimum absolute atomic E-state index is 0.197. The summed E-state index contributed by atoms with van der Waals surface area (Å²) in [5.41, 5.74) is 2.32. The summed E-state index contributed by atoms with van der Waals surface area (Å²) in [6, 6.07) is 10.6. The van der Waals surface area contributed by atoms with Gasteiger partial charge in [-0.1, -0.05) is 0 Å². The highest BCUT2D eigenvalue weighted by atomic mass is 16.4. The normalized spacial score (nSPS) is 10.4. The Balaban J connectivity index is 2.04. The van der Waals surface area contributed by atoms with Crippen LogP contribution >= 0.6 is 0 Å². The molecule has 0 aliphatic carbocycles. The molecule has 3 aromatic heterocycles. The van der Waals surface area contributed by atoms with E-state index in [1.807, 2.05) is 41.2 Å². The molecule has 0 aliphatic heterocycles. The smallest absolute Gasteiger partial charge is 0.335 e. The standard InChI is InChI=1S/C15H11N3O2/c19-15(20)11-3-5-16-13(9-11)14-10-12(4-6-17-14)18-7-1-2-8-18/h1-10H,(H,19,20). The molecule has 0 bridgehead atoms. The lowest BCUT2D eigenvalue weighted by Crippen LogP contribution is -1.98. The fourth-order valence-electron chi connectivity index (χ4n) is 1.93. The molecule has 0 saturated heterocycles. The van der Waals surface area contributed by atoms with E-state index in [9.17, 15) is 4.79 Å². The lowest BCUT2D eigenvalue weighted by molar-refractivity contribution is 0.0697. The van der Waals surface area contributed by atoms with Crippen molar-refractivity contribution in [2.75, 3.05) is 0 Å². The molecule has 0 radical (unpaired) electrons. The molecule has 0 saturated carbocycles. The van der Waals surface area contributed by atoms with Crippen molar-refractivity contribution in [3.8, 4) is 17.1 Å². The van der Waals surface area contributed by atoms with Gasteiger partial charge in [-0.2, -0.15) is 0 Å². The molecule has 0 aliphatic rings. The van der Waals surface area contributed by atoms with Crippen molar-refractivity contribution in [2.45, 2.75) is 0 Å². The fourth-order valence-corrected chi connectivity index (χ4v) is 1.93. The predicted octanol–water partition coefficient (Wildman–Crippen LogP) is 2.63. The second-order valence-corrected chi connectivity index (χ2v) is 4.22. The zero-order chi connectivity index (χ0) is 13.9. The Morgan fingerprint density at radius 3 is 2.35 bits per heavy atom. The third kappa shape index (κ3) is 2.29. The number of rotatable bonds is 3. The third-order valence-corrected chi connectivity index (χ3v) is 2.92. The summed E-state index contributed by atoms with van der Waals surface area (Å²) in [6.07, 6.45) is 7.02. The van der Waals surface area contributed by atoms with Crippen LogP contribution in [0.25, 0.3) is 17.1 Å². The SMILES string of the molecule is O=C(O)c1ccnc(-c2cc(-n3cccc3)ccn2)c1. The molecule has 0 spiro atoms. The summed E-state index contributed by atoms with van der Waals surface area (Å²) < 4.78 is 1.95. The molecule has 5 nitrogen and oxygen atoms in total. The molecular weight excluding hydrogens is 254 g/mol. The minimum Gasteiger partial charge on any atom is -0.478 e. The Morgan fingerprint density at radius 1 is 1.00 bits per heavy atom. The first kappa shape index (κ1) is 12.1. The van der Waals surface area contributed by atoms with Crippen LogP contribution < -0.4 is 0 Å². The topological polar surface area (TPSA) is 68.0 Å². The molecule has 0 atom stereocenters. The first-order valence-corrected chi connectivity index (χ1v) is 6.03. The van der Waals surface area contributed by atoms with Crippen LogP contribution in [0.15, 0.2) is 61.2 Å². The molecule has 98 valence electrons. The first-order chi connectivity index (χ1) is 9.74. The Bertz CT molecular complexity index is 751. The maximum Gasteiger partial charge on any atom is 0.335 e. The third-order valence-electron chi connectivity index (χ3n) is 2.92. The van der Waals surface area contributed by atoms with Gasteiger partial charge in [0.05, 0.1) is 17.0 Å². The number of carboxylic acids is 1. The molecule has 1 N–H and O–H groups in total. The zero-order valence-corrected chi connectivity index (χ0v) is 10.5. The highest BCUT2D eigenvalue weighted by molar-refractivity contribution is 5.88. The van der Waals surface area contributed by atoms with Crippen LogP contribution in [0, 0.1) is 0 Å². The Labute approximate surface area is 115 Å². The Kier molecular flexibility index (Phi) is 3.01. The lowest BCUT2D eigenvalue weighted by atomic mass is 10.2. The number of pyridine rings is 2. The van der Waals surface area contributed by atoms with Gasteiger partial charge in [-0.15, -0.1) is 0 Å². The summed E-state index contributed by atoms with van der Waals surface area (Å²) in [7, 11) is 0. The Morgan fingerprint density at radius 2 is 1.65 bits per heavy atom. The summed E-state index contributed by atoms with van der Waals surface area (Å²) in [5, 5.41) is 9.01. The van der Waals surface area contributed by atoms with E-state index in [-0.39, 0.29) is 5.56 Å². The van der Waals surface area contributed by atoms with Gasteiger partial charge in [-0.3, -0.25) is 9.97 Å². The number of carboxylic acid groups (broad SMARTS) is 1. The van der Waals surface area contributed by atoms with E-state index in [2.05, 4.69) is 9.97 Å². The van der Waals surface area contributed by atoms with E-state index in [1.165, 1.54) is 18.3 Å². The van der Waals surface area contributed by atoms with Crippen molar-refractivity contribution in [3.05, 3.63) is 66.7 Å². The average Bonchev–Trinajstić information content (AvgIpc) is 3.02. The molecule has 20 heavy (non-hydrogen) atoms. The molecule has 5 heteroatoms. The van der Waals surface area contributed by atoms with E-state index < -0.39 is 5.97 Å². The lowest BCUT2D eigenvalue weighted by Gasteiger charge is -2.06. The maximum absolute atomic E-state index is 11.0. The van der Waals surface area contributed by atoms with Gasteiger partial charge in [-0.05, 0) is 36.4 Å². The molecule has 0 unspecified atom stereocenters. The number of hydrogen-bond donors (Lipinski definition) is 1. The highest BCUT2D eigenvalue weighted by Gasteiger charge is 2.07. The summed E-state index contributed by atoms with van der Waals surface area (Å²) in [4.78, 5) is 19.4. The van der Waals surface area contributed by atoms with Crippen LogP contribution in [0.4, 0.5) is 0 Å². The van der Waals surface area contributed by atoms with Crippen molar-refractivity contribution in [1.29, 1.82) is 0 Å². The quantitative estimate of drug-likeness (QED) is 0.790. The molecular formula is C15H11N3O2. The number of carbonyl (C=O) groups is 1. The van der Waals surface area contributed by atoms with Gasteiger partial charge in [0.2, 0.25) is 0 Å². The van der Waals surface area contributed by atoms with E-state index in [4.69, 9.17) is 5.11 Å². The molecule has 3 aromatic rings. The molecule has 0 amide bonds. The van der Waals surface area contributed by atoms with Crippen LogP contribution in [0.2, 0.25) is 0 Å². The summed E-state index contributed by atoms with van der Waals surface area (Å²) >= 11 is 0. The van der Waals surface area contributed by atoms with Gasteiger partial charge >= 0.3 is 5.97 Å². The van der Waals surface area contributed by atoms with Crippen molar-refractivity contribution < 1.29 is 9.90 Å².